The first-order valence-electron chi connectivity index (χ1n) is 5.98. The summed E-state index contributed by atoms with van der Waals surface area (Å²) < 4.78 is 0. The number of imide groups is 1. The van der Waals surface area contributed by atoms with Gasteiger partial charge >= 0.3 is 5.97 Å². The maximum Gasteiger partial charge on any atom is 0.337 e. The zero-order chi connectivity index (χ0) is 15.1. The molecule has 0 aliphatic carbocycles. The Morgan fingerprint density at radius 3 is 2.65 bits per heavy atom. The van der Waals surface area contributed by atoms with Gasteiger partial charge in [0, 0.05) is 5.69 Å². The van der Waals surface area contributed by atoms with Gasteiger partial charge in [-0.2, -0.15) is 0 Å². The first-order chi connectivity index (χ1) is 9.23. The topological polar surface area (TPSA) is 113 Å². The summed E-state index contributed by atoms with van der Waals surface area (Å²) in [4.78, 5) is 36.2. The molecule has 7 nitrogen and oxygen atoms in total. The van der Waals surface area contributed by atoms with E-state index in [1.54, 1.807) is 13.8 Å². The number of carboxylic acid groups (broad SMARTS) is 1. The number of anilines is 2. The van der Waals surface area contributed by atoms with Gasteiger partial charge < -0.3 is 15.7 Å². The predicted octanol–water partition coefficient (Wildman–Crippen LogP) is 0.208. The molecule has 1 aliphatic heterocycles. The fourth-order valence-corrected chi connectivity index (χ4v) is 2.12. The summed E-state index contributed by atoms with van der Waals surface area (Å²) in [5.74, 6) is -2.10. The maximum absolute atomic E-state index is 11.9. The van der Waals surface area contributed by atoms with Crippen molar-refractivity contribution in [1.29, 1.82) is 0 Å². The summed E-state index contributed by atoms with van der Waals surface area (Å²) in [6.45, 7) is 3.12. The molecule has 0 aromatic heterocycles. The second-order valence-electron chi connectivity index (χ2n) is 5.10. The molecule has 0 unspecified atom stereocenters. The van der Waals surface area contributed by atoms with Gasteiger partial charge in [0.15, 0.2) is 0 Å². The molecule has 0 radical (unpaired) electrons. The Bertz CT molecular complexity index is 610. The molecule has 1 saturated heterocycles. The smallest absolute Gasteiger partial charge is 0.337 e. The minimum Gasteiger partial charge on any atom is -0.478 e. The average Bonchev–Trinajstić information content (AvgIpc) is 2.33. The molecule has 0 atom stereocenters. The normalized spacial score (nSPS) is 17.8. The number of nitrogens with two attached hydrogens (primary N) is 1. The van der Waals surface area contributed by atoms with Crippen molar-refractivity contribution in [3.8, 4) is 0 Å². The Kier molecular flexibility index (Phi) is 3.13. The first kappa shape index (κ1) is 13.9. The third kappa shape index (κ3) is 2.18. The van der Waals surface area contributed by atoms with E-state index in [2.05, 4.69) is 5.32 Å². The number of piperazine rings is 1. The second kappa shape index (κ2) is 4.52. The maximum atomic E-state index is 11.9. The van der Waals surface area contributed by atoms with Gasteiger partial charge in [0.2, 0.25) is 5.91 Å². The lowest BCUT2D eigenvalue weighted by molar-refractivity contribution is -0.135. The molecule has 1 aromatic rings. The lowest BCUT2D eigenvalue weighted by atomic mass is 9.96. The van der Waals surface area contributed by atoms with Gasteiger partial charge in [-0.25, -0.2) is 4.79 Å². The fourth-order valence-electron chi connectivity index (χ4n) is 2.12. The van der Waals surface area contributed by atoms with Crippen molar-refractivity contribution >= 4 is 29.2 Å². The summed E-state index contributed by atoms with van der Waals surface area (Å²) in [6.07, 6.45) is 0. The molecule has 0 bridgehead atoms. The number of carboxylic acids is 1. The number of aromatic carboxylic acids is 1. The Balaban J connectivity index is 2.59. The summed E-state index contributed by atoms with van der Waals surface area (Å²) in [5.41, 5.74) is 5.25. The zero-order valence-electron chi connectivity index (χ0n) is 11.1. The van der Waals surface area contributed by atoms with Crippen LogP contribution in [0.4, 0.5) is 11.4 Å². The molecule has 4 N–H and O–H groups in total. The van der Waals surface area contributed by atoms with E-state index >= 15 is 0 Å². The number of nitrogen functional groups attached to an aromatic ring is 1. The van der Waals surface area contributed by atoms with Crippen LogP contribution in [0.25, 0.3) is 0 Å². The van der Waals surface area contributed by atoms with Crippen LogP contribution in [0.3, 0.4) is 0 Å². The summed E-state index contributed by atoms with van der Waals surface area (Å²) in [5, 5.41) is 11.5. The number of carbonyl (C=O) groups is 3. The lowest BCUT2D eigenvalue weighted by Crippen LogP contribution is -2.64. The summed E-state index contributed by atoms with van der Waals surface area (Å²) in [6, 6.07) is 4.28. The zero-order valence-corrected chi connectivity index (χ0v) is 11.1. The van der Waals surface area contributed by atoms with Crippen LogP contribution in [0.15, 0.2) is 18.2 Å². The number of rotatable bonds is 2. The molecule has 7 heteroatoms. The van der Waals surface area contributed by atoms with Gasteiger partial charge in [-0.15, -0.1) is 0 Å². The molecule has 20 heavy (non-hydrogen) atoms. The number of nitrogens with zero attached hydrogens (tertiary/aromatic N) is 1. The minimum absolute atomic E-state index is 0.00484. The molecule has 0 spiro atoms. The third-order valence-corrected chi connectivity index (χ3v) is 3.33. The highest BCUT2D eigenvalue weighted by Gasteiger charge is 2.42. The van der Waals surface area contributed by atoms with Crippen LogP contribution in [0, 0.1) is 0 Å². The molecule has 0 saturated carbocycles. The monoisotopic (exact) mass is 277 g/mol. The summed E-state index contributed by atoms with van der Waals surface area (Å²) >= 11 is 0. The van der Waals surface area contributed by atoms with E-state index in [9.17, 15) is 19.5 Å². The standard InChI is InChI=1S/C13H15N3O4/c1-13(2)12(20)15-10(17)6-16(13)9-5-7(14)3-4-8(9)11(18)19/h3-5H,6,14H2,1-2H3,(H,18,19)(H,15,17,20). The van der Waals surface area contributed by atoms with Crippen LogP contribution < -0.4 is 16.0 Å². The Morgan fingerprint density at radius 1 is 1.40 bits per heavy atom. The van der Waals surface area contributed by atoms with Crippen LogP contribution in [-0.2, 0) is 9.59 Å². The van der Waals surface area contributed by atoms with Crippen molar-refractivity contribution in [1.82, 2.24) is 5.32 Å². The molecule has 2 amide bonds. The lowest BCUT2D eigenvalue weighted by Gasteiger charge is -2.42. The number of benzene rings is 1. The third-order valence-electron chi connectivity index (χ3n) is 3.33. The fraction of sp³-hybridized carbons (Fsp3) is 0.308. The van der Waals surface area contributed by atoms with E-state index in [1.165, 1.54) is 23.1 Å². The van der Waals surface area contributed by atoms with Gasteiger partial charge in [0.25, 0.3) is 5.91 Å². The Labute approximate surface area is 115 Å². The Morgan fingerprint density at radius 2 is 2.05 bits per heavy atom. The number of amides is 2. The molecule has 106 valence electrons. The molecule has 1 heterocycles. The van der Waals surface area contributed by atoms with Gasteiger partial charge in [0.1, 0.15) is 5.54 Å². The highest BCUT2D eigenvalue weighted by atomic mass is 16.4. The molecular weight excluding hydrogens is 262 g/mol. The van der Waals surface area contributed by atoms with Crippen LogP contribution in [-0.4, -0.2) is 35.0 Å². The molecule has 1 fully saturated rings. The van der Waals surface area contributed by atoms with Crippen molar-refractivity contribution in [2.24, 2.45) is 0 Å². The molecular formula is C13H15N3O4. The highest BCUT2D eigenvalue weighted by Crippen LogP contribution is 2.31. The second-order valence-corrected chi connectivity index (χ2v) is 5.10. The van der Waals surface area contributed by atoms with Gasteiger partial charge in [-0.1, -0.05) is 0 Å². The quantitative estimate of drug-likeness (QED) is 0.526. The van der Waals surface area contributed by atoms with Gasteiger partial charge in [0.05, 0.1) is 17.8 Å². The number of hydrogen-bond donors (Lipinski definition) is 3. The van der Waals surface area contributed by atoms with Crippen molar-refractivity contribution < 1.29 is 19.5 Å². The SMILES string of the molecule is CC1(C)C(=O)NC(=O)CN1c1cc(N)ccc1C(=O)O. The van der Waals surface area contributed by atoms with E-state index in [0.717, 1.165) is 0 Å². The highest BCUT2D eigenvalue weighted by molar-refractivity contribution is 6.08. The molecule has 1 aromatic carbocycles. The average molecular weight is 277 g/mol. The predicted molar refractivity (Wildman–Crippen MR) is 72.4 cm³/mol. The van der Waals surface area contributed by atoms with Crippen molar-refractivity contribution in [2.45, 2.75) is 19.4 Å². The van der Waals surface area contributed by atoms with Crippen molar-refractivity contribution in [2.75, 3.05) is 17.2 Å². The molecule has 1 aliphatic rings. The van der Waals surface area contributed by atoms with E-state index in [1.807, 2.05) is 0 Å². The van der Waals surface area contributed by atoms with Crippen molar-refractivity contribution in [3.05, 3.63) is 23.8 Å². The molecule has 2 rings (SSSR count). The van der Waals surface area contributed by atoms with Crippen LogP contribution in [0.5, 0.6) is 0 Å². The number of hydrogen-bond acceptors (Lipinski definition) is 5. The van der Waals surface area contributed by atoms with E-state index in [-0.39, 0.29) is 17.8 Å². The number of nitrogens with one attached hydrogen (secondary N) is 1. The number of carbonyl (C=O) groups excluding carboxylic acids is 2. The largest absolute Gasteiger partial charge is 0.478 e. The van der Waals surface area contributed by atoms with Crippen molar-refractivity contribution in [3.63, 3.8) is 0 Å². The van der Waals surface area contributed by atoms with Crippen LogP contribution >= 0.6 is 0 Å². The van der Waals surface area contributed by atoms with Gasteiger partial charge in [-0.05, 0) is 32.0 Å². The van der Waals surface area contributed by atoms with Crippen LogP contribution in [0.1, 0.15) is 24.2 Å². The van der Waals surface area contributed by atoms with Gasteiger partial charge in [-0.3, -0.25) is 14.9 Å². The van der Waals surface area contributed by atoms with Crippen LogP contribution in [0.2, 0.25) is 0 Å². The van der Waals surface area contributed by atoms with E-state index < -0.39 is 23.3 Å². The van der Waals surface area contributed by atoms with E-state index in [0.29, 0.717) is 5.69 Å². The van der Waals surface area contributed by atoms with E-state index in [4.69, 9.17) is 5.73 Å². The minimum atomic E-state index is -1.14. The summed E-state index contributed by atoms with van der Waals surface area (Å²) in [7, 11) is 0. The Hall–Kier alpha value is -2.57. The first-order valence-corrected chi connectivity index (χ1v) is 5.98.